The summed E-state index contributed by atoms with van der Waals surface area (Å²) in [6.07, 6.45) is -25.0. The average Bonchev–Trinajstić information content (AvgIpc) is 1.61. The first kappa shape index (κ1) is 112. The normalized spacial score (nSPS) is 29.4. The van der Waals surface area contributed by atoms with Crippen molar-refractivity contribution in [1.82, 2.24) is 77.2 Å². The van der Waals surface area contributed by atoms with Crippen LogP contribution in [0.25, 0.3) is 22.3 Å². The number of methoxy groups -OCH3 is 5. The number of aryl methyl sites for hydroxylation is 4. The number of imidazole rings is 2. The number of anilines is 6. The van der Waals surface area contributed by atoms with E-state index in [0.717, 1.165) is 26.4 Å². The van der Waals surface area contributed by atoms with Crippen molar-refractivity contribution in [3.05, 3.63) is 114 Å². The molecule has 0 aromatic carbocycles. The fourth-order valence-corrected chi connectivity index (χ4v) is 23.0. The predicted molar refractivity (Wildman–Crippen MR) is 508 cm³/mol. The summed E-state index contributed by atoms with van der Waals surface area (Å²) in [5.74, 6) is -0.551. The third-order valence-corrected chi connectivity index (χ3v) is 30.5. The Bertz CT molecular complexity index is 6280. The van der Waals surface area contributed by atoms with Crippen molar-refractivity contribution in [2.75, 3.05) is 169 Å². The lowest BCUT2D eigenvalue weighted by Gasteiger charge is -2.30. The van der Waals surface area contributed by atoms with Crippen molar-refractivity contribution in [2.45, 2.75) is 182 Å². The van der Waals surface area contributed by atoms with Gasteiger partial charge in [0.2, 0.25) is 0 Å². The number of hydrogen-bond acceptors (Lipinski definition) is 52. The summed E-state index contributed by atoms with van der Waals surface area (Å²) in [4.78, 5) is 145. The highest BCUT2D eigenvalue weighted by atomic mass is 32.7. The van der Waals surface area contributed by atoms with Crippen LogP contribution in [0.3, 0.4) is 0 Å². The van der Waals surface area contributed by atoms with E-state index < -0.39 is 232 Å². The quantitative estimate of drug-likeness (QED) is 0.0130. The van der Waals surface area contributed by atoms with E-state index in [-0.39, 0.29) is 141 Å². The summed E-state index contributed by atoms with van der Waals surface area (Å²) in [5.41, 5.74) is 34.7. The molecule has 6 saturated heterocycles. The lowest BCUT2D eigenvalue weighted by atomic mass is 10.1. The molecule has 8 aromatic heterocycles. The highest BCUT2D eigenvalue weighted by Gasteiger charge is 2.58. The van der Waals surface area contributed by atoms with Crippen molar-refractivity contribution in [2.24, 2.45) is 0 Å². The number of nitrogens with two attached hydrogens (primary N) is 6. The molecule has 8 aromatic rings. The number of rotatable bonds is 51. The van der Waals surface area contributed by atoms with Crippen LogP contribution in [-0.4, -0.2) is 340 Å². The van der Waals surface area contributed by atoms with Crippen LogP contribution in [0.15, 0.2) is 69.3 Å². The minimum absolute atomic E-state index is 0.00482. The van der Waals surface area contributed by atoms with E-state index in [4.69, 9.17) is 191 Å². The number of nitrogen functional groups attached to an aromatic ring is 6. The molecular weight excluding hydrogens is 2080 g/mol. The van der Waals surface area contributed by atoms with Gasteiger partial charge < -0.3 is 153 Å². The zero-order valence-corrected chi connectivity index (χ0v) is 85.9. The minimum Gasteiger partial charge on any atom is -0.387 e. The van der Waals surface area contributed by atoms with Gasteiger partial charge in [-0.25, -0.2) is 58.2 Å². The molecule has 59 nitrogen and oxygen atoms in total. The Balaban J connectivity index is 0.756. The van der Waals surface area contributed by atoms with E-state index in [2.05, 4.69) is 62.1 Å². The molecule has 143 heavy (non-hydrogen) atoms. The van der Waals surface area contributed by atoms with Gasteiger partial charge in [0.05, 0.1) is 124 Å². The molecule has 14 rings (SSSR count). The zero-order chi connectivity index (χ0) is 103. The smallest absolute Gasteiger partial charge is 0.387 e. The van der Waals surface area contributed by atoms with E-state index in [9.17, 15) is 43.9 Å². The van der Waals surface area contributed by atoms with Gasteiger partial charge in [-0.1, -0.05) is 12.2 Å². The van der Waals surface area contributed by atoms with Crippen LogP contribution in [0.5, 0.6) is 0 Å². The molecule has 0 radical (unpaired) electrons. The molecule has 28 atom stereocenters. The van der Waals surface area contributed by atoms with Gasteiger partial charge in [0.15, 0.2) is 54.1 Å². The molecule has 10 unspecified atom stereocenters. The Hall–Kier alpha value is -7.06. The second-order valence-electron chi connectivity index (χ2n) is 32.9. The van der Waals surface area contributed by atoms with Crippen LogP contribution < -0.4 is 57.2 Å². The molecule has 6 aliphatic heterocycles. The summed E-state index contributed by atoms with van der Waals surface area (Å²) in [6, 6.07) is 0. The highest BCUT2D eigenvalue weighted by molar-refractivity contribution is 8.44. The Morgan fingerprint density at radius 2 is 0.692 bits per heavy atom. The van der Waals surface area contributed by atoms with Crippen molar-refractivity contribution in [3.8, 4) is 0 Å². The van der Waals surface area contributed by atoms with E-state index in [0.29, 0.717) is 11.1 Å². The van der Waals surface area contributed by atoms with Crippen molar-refractivity contribution >= 4 is 140 Å². The zero-order valence-electron chi connectivity index (χ0n) is 78.0. The van der Waals surface area contributed by atoms with E-state index in [1.165, 1.54) is 93.6 Å². The summed E-state index contributed by atoms with van der Waals surface area (Å²) in [6.45, 7) is -17.6. The second kappa shape index (κ2) is 48.3. The van der Waals surface area contributed by atoms with Crippen LogP contribution >= 0.6 is 47.0 Å². The van der Waals surface area contributed by atoms with Gasteiger partial charge in [-0.2, -0.15) is 19.9 Å². The maximum absolute atomic E-state index is 15.5. The molecule has 6 fully saturated rings. The number of nitrogens with zero attached hydrogens (tertiary/aromatic N) is 16. The van der Waals surface area contributed by atoms with Gasteiger partial charge in [-0.05, 0) is 70.0 Å². The molecule has 0 aliphatic carbocycles. The predicted octanol–water partition coefficient (Wildman–Crippen LogP) is -0.468. The summed E-state index contributed by atoms with van der Waals surface area (Å²) in [7, 11) is 1.03. The lowest BCUT2D eigenvalue weighted by molar-refractivity contribution is -0.0838. The first-order valence-electron chi connectivity index (χ1n) is 43.6. The Morgan fingerprint density at radius 3 is 1.08 bits per heavy atom. The molecule has 0 bridgehead atoms. The van der Waals surface area contributed by atoms with Crippen LogP contribution in [0, 0.1) is 27.7 Å². The van der Waals surface area contributed by atoms with Crippen LogP contribution in [-0.2, 0) is 166 Å². The third kappa shape index (κ3) is 26.7. The van der Waals surface area contributed by atoms with Crippen molar-refractivity contribution < 1.29 is 155 Å². The highest BCUT2D eigenvalue weighted by Crippen LogP contribution is 2.60. The number of aliphatic hydroxyl groups excluding tert-OH is 1. The summed E-state index contributed by atoms with van der Waals surface area (Å²) in [5, 5.41) is 11.8. The Morgan fingerprint density at radius 1 is 0.385 bits per heavy atom. The number of hydrogen-bond donors (Lipinski definition) is 12. The Labute approximate surface area is 832 Å². The molecule has 792 valence electrons. The van der Waals surface area contributed by atoms with E-state index >= 15 is 9.13 Å². The number of aromatic nitrogens is 16. The van der Waals surface area contributed by atoms with Gasteiger partial charge in [0.25, 0.3) is 0 Å². The standard InChI is InChI=1S/C75H111N22O37P5S4/c1-35-22-92(72(99)88-59(35)76)46-21-40(39(5)124-46)130-136(105,140)121-29-44-52(57(117-19-14-112-9)69(127-44)95-25-38(4)62(79)91-75(95)102)133-138(107,142)122-28-43-50(55(115-17-12-110-7)70(128-43)96-33-86-47-63(80)82-31-84-65(47)96)131-135(103,104)119-27-42-51(56(116-18-13-111-8)68(126-42)94-24-37(3)61(78)90-74(94)101)132-139(108,143)123-30-45-53(58(118-20-15-113-10)71(129-45)97-34-87-48-64(81)83-32-85-66(48)97)134-137(106,141)120-26-41-49(98)54(114-16-11-109-6)67(125-41)93-23-36(2)60(77)89-73(93)100/h22-25,31-34,39-46,49-58,67-71,98H,11-21,26-30H2,1-10H3,(H,103,104)(H,105,140)(H,106,141)(H,107,142)(H,108,143)(H2,76,88,99)(H2,77,89,100)(H2,78,90,101)(H2,79,91,102)(H2,80,82,84)(H2,81,83,85)/t39-,40-,41-,42-,43-,44-,45-,46-,49+,50+,51+,52+,53+,54?,55?,56?,57?,58?,67-,68-,69-,70-,71-,136?,137?,138?,139?/m1/s1. The van der Waals surface area contributed by atoms with Gasteiger partial charge >= 0.3 is 57.5 Å². The van der Waals surface area contributed by atoms with E-state index in [1.807, 2.05) is 0 Å². The second-order valence-corrected chi connectivity index (χ2v) is 45.5. The van der Waals surface area contributed by atoms with Crippen LogP contribution in [0.4, 0.5) is 34.9 Å². The molecule has 14 heterocycles. The molecule has 0 amide bonds. The maximum atomic E-state index is 15.5. The first-order valence-corrected chi connectivity index (χ1v) is 55.6. The number of phosphoric ester groups is 1. The number of fused-ring (bicyclic) bond motifs is 2. The molecular formula is C75H111N22O37P5S4. The van der Waals surface area contributed by atoms with Crippen molar-refractivity contribution in [1.29, 1.82) is 0 Å². The van der Waals surface area contributed by atoms with E-state index in [1.54, 1.807) is 27.7 Å². The molecule has 68 heteroatoms. The fourth-order valence-electron chi connectivity index (χ4n) is 16.1. The minimum atomic E-state index is -5.84. The van der Waals surface area contributed by atoms with Gasteiger partial charge in [-0.15, -0.1) is 0 Å². The molecule has 6 aliphatic rings. The Kier molecular flexibility index (Phi) is 37.7. The number of ether oxygens (including phenoxy) is 16. The molecule has 0 saturated carbocycles. The van der Waals surface area contributed by atoms with Gasteiger partial charge in [0.1, 0.15) is 145 Å². The largest absolute Gasteiger partial charge is 0.472 e. The number of thiol groups is 1. The monoisotopic (exact) mass is 2190 g/mol. The van der Waals surface area contributed by atoms with Crippen LogP contribution in [0.1, 0.15) is 73.0 Å². The number of phosphoric acid groups is 1. The first-order chi connectivity index (χ1) is 67.9. The third-order valence-electron chi connectivity index (χ3n) is 23.2. The average molecular weight is 2200 g/mol. The topological polar surface area (TPSA) is 758 Å². The number of aliphatic hydroxyl groups is 1. The van der Waals surface area contributed by atoms with Crippen molar-refractivity contribution in [3.63, 3.8) is 0 Å². The maximum Gasteiger partial charge on any atom is 0.472 e. The van der Waals surface area contributed by atoms with Gasteiger partial charge in [0, 0.05) is 89.0 Å². The SMILES string of the molecule is COCCOC1[C@@H](O)[C@@H](COP(O)(=S)O[C@@H]2C(OCCOC)[C@H](n3cnc4c(N)ncnc43)O[C@@H]2COP(O)(=S)O[C@@H]2C(OCCOC)[C@H](n3cc(C)c(N)nc3=O)O[C@@H]2COP(=O)(O)O[C@@H]2C(OCCOC)[C@H](n3cnc4c(N)ncnc43)O[C@@H]2COP(=O)(S)O[C@@H]2C(OCCOC)[C@H](n3cc(C)c(N)nc3=O)O[C@@H]2COP(O)(=S)O[C@@H]2C[C@H](n3cc(C)c(N)nc3=O)O[C@@H]2C)O[C@H]1n1cc(C)c(N)nc1=O. The molecule has 17 N–H and O–H groups in total. The van der Waals surface area contributed by atoms with Crippen LogP contribution in [0.2, 0.25) is 0 Å². The summed E-state index contributed by atoms with van der Waals surface area (Å²) >= 11 is 21.6. The fraction of sp³-hybridized carbons (Fsp3) is 0.653. The lowest BCUT2D eigenvalue weighted by Crippen LogP contribution is -2.41. The summed E-state index contributed by atoms with van der Waals surface area (Å²) < 4.78 is 197. The molecule has 0 spiro atoms. The van der Waals surface area contributed by atoms with Gasteiger partial charge in [-0.3, -0.25) is 54.5 Å².